The first kappa shape index (κ1) is 11.2. The molecule has 16 heavy (non-hydrogen) atoms. The second kappa shape index (κ2) is 3.93. The number of halogens is 4. The smallest absolute Gasteiger partial charge is 0.344 e. The normalized spacial score (nSPS) is 12.0. The summed E-state index contributed by atoms with van der Waals surface area (Å²) in [6, 6.07) is 3.44. The minimum absolute atomic E-state index is 0.0516. The fourth-order valence-corrected chi connectivity index (χ4v) is 1.55. The summed E-state index contributed by atoms with van der Waals surface area (Å²) in [5, 5.41) is 5.95. The van der Waals surface area contributed by atoms with Gasteiger partial charge in [0.2, 0.25) is 5.95 Å². The standard InChI is InChI=1S/C8H6BrF3N4/c9-5-2-1-3-16-6(5)14-7(15-16)13-4-8(10,11)12/h1-3H,4H2,(H,13,15). The molecule has 0 aliphatic heterocycles. The van der Waals surface area contributed by atoms with Crippen molar-refractivity contribution in [2.24, 2.45) is 0 Å². The van der Waals surface area contributed by atoms with Gasteiger partial charge < -0.3 is 5.32 Å². The van der Waals surface area contributed by atoms with Gasteiger partial charge in [0.25, 0.3) is 0 Å². The van der Waals surface area contributed by atoms with Crippen LogP contribution in [0, 0.1) is 0 Å². The zero-order valence-electron chi connectivity index (χ0n) is 7.79. The average molecular weight is 295 g/mol. The Balaban J connectivity index is 2.24. The zero-order valence-corrected chi connectivity index (χ0v) is 9.38. The van der Waals surface area contributed by atoms with Crippen molar-refractivity contribution >= 4 is 27.5 Å². The molecule has 0 spiro atoms. The van der Waals surface area contributed by atoms with Gasteiger partial charge in [0.1, 0.15) is 6.54 Å². The van der Waals surface area contributed by atoms with Gasteiger partial charge in [0, 0.05) is 6.20 Å². The number of rotatable bonds is 2. The van der Waals surface area contributed by atoms with E-state index in [0.717, 1.165) is 0 Å². The molecule has 4 nitrogen and oxygen atoms in total. The lowest BCUT2D eigenvalue weighted by Gasteiger charge is -2.04. The summed E-state index contributed by atoms with van der Waals surface area (Å²) in [5.74, 6) is -0.0516. The second-order valence-electron chi connectivity index (χ2n) is 3.03. The molecule has 0 saturated heterocycles. The molecular formula is C8H6BrF3N4. The van der Waals surface area contributed by atoms with E-state index in [0.29, 0.717) is 10.1 Å². The molecule has 2 rings (SSSR count). The zero-order chi connectivity index (χ0) is 11.8. The maximum atomic E-state index is 11.9. The summed E-state index contributed by atoms with van der Waals surface area (Å²) >= 11 is 3.23. The van der Waals surface area contributed by atoms with Crippen LogP contribution in [0.4, 0.5) is 19.1 Å². The van der Waals surface area contributed by atoms with Crippen molar-refractivity contribution in [3.05, 3.63) is 22.8 Å². The number of aromatic nitrogens is 3. The third kappa shape index (κ3) is 2.43. The minimum atomic E-state index is -4.28. The van der Waals surface area contributed by atoms with Crippen molar-refractivity contribution < 1.29 is 13.2 Å². The predicted molar refractivity (Wildman–Crippen MR) is 55.2 cm³/mol. The van der Waals surface area contributed by atoms with Crippen LogP contribution in [0.15, 0.2) is 22.8 Å². The quantitative estimate of drug-likeness (QED) is 0.925. The molecule has 0 radical (unpaired) electrons. The highest BCUT2D eigenvalue weighted by Gasteiger charge is 2.27. The maximum absolute atomic E-state index is 11.9. The molecule has 0 atom stereocenters. The molecule has 2 aromatic heterocycles. The number of nitrogens with zero attached hydrogens (tertiary/aromatic N) is 3. The monoisotopic (exact) mass is 294 g/mol. The number of pyridine rings is 1. The molecule has 0 aromatic carbocycles. The highest BCUT2D eigenvalue weighted by molar-refractivity contribution is 9.10. The summed E-state index contributed by atoms with van der Waals surface area (Å²) < 4.78 is 37.9. The first-order valence-electron chi connectivity index (χ1n) is 4.27. The van der Waals surface area contributed by atoms with Crippen LogP contribution in [0.25, 0.3) is 5.65 Å². The van der Waals surface area contributed by atoms with E-state index in [2.05, 4.69) is 31.3 Å². The average Bonchev–Trinajstić information content (AvgIpc) is 2.58. The van der Waals surface area contributed by atoms with Crippen LogP contribution in [0.3, 0.4) is 0 Å². The van der Waals surface area contributed by atoms with Crippen LogP contribution >= 0.6 is 15.9 Å². The first-order chi connectivity index (χ1) is 7.46. The fraction of sp³-hybridized carbons (Fsp3) is 0.250. The maximum Gasteiger partial charge on any atom is 0.405 e. The Labute approximate surface area is 96.6 Å². The molecule has 2 heterocycles. The van der Waals surface area contributed by atoms with E-state index in [1.165, 1.54) is 4.52 Å². The van der Waals surface area contributed by atoms with E-state index in [-0.39, 0.29) is 5.95 Å². The van der Waals surface area contributed by atoms with Gasteiger partial charge in [0.15, 0.2) is 5.65 Å². The van der Waals surface area contributed by atoms with E-state index < -0.39 is 12.7 Å². The Hall–Kier alpha value is -1.31. The van der Waals surface area contributed by atoms with Gasteiger partial charge in [-0.1, -0.05) is 0 Å². The topological polar surface area (TPSA) is 42.2 Å². The lowest BCUT2D eigenvalue weighted by Crippen LogP contribution is -2.21. The largest absolute Gasteiger partial charge is 0.405 e. The van der Waals surface area contributed by atoms with E-state index >= 15 is 0 Å². The Bertz CT molecular complexity index is 507. The number of alkyl halides is 3. The molecule has 0 amide bonds. The van der Waals surface area contributed by atoms with Gasteiger partial charge >= 0.3 is 6.18 Å². The fourth-order valence-electron chi connectivity index (χ4n) is 1.13. The van der Waals surface area contributed by atoms with Crippen LogP contribution in [0.5, 0.6) is 0 Å². The molecule has 0 aliphatic carbocycles. The van der Waals surface area contributed by atoms with E-state index in [4.69, 9.17) is 0 Å². The molecule has 0 fully saturated rings. The first-order valence-corrected chi connectivity index (χ1v) is 5.06. The number of fused-ring (bicyclic) bond motifs is 1. The van der Waals surface area contributed by atoms with Gasteiger partial charge in [-0.15, -0.1) is 5.10 Å². The Morgan fingerprint density at radius 1 is 1.44 bits per heavy atom. The number of hydrogen-bond acceptors (Lipinski definition) is 3. The third-order valence-electron chi connectivity index (χ3n) is 1.76. The lowest BCUT2D eigenvalue weighted by molar-refractivity contribution is -0.115. The number of nitrogens with one attached hydrogen (secondary N) is 1. The van der Waals surface area contributed by atoms with Crippen molar-refractivity contribution in [2.75, 3.05) is 11.9 Å². The van der Waals surface area contributed by atoms with Crippen LogP contribution in [-0.4, -0.2) is 27.3 Å². The van der Waals surface area contributed by atoms with Crippen LogP contribution in [-0.2, 0) is 0 Å². The molecular weight excluding hydrogens is 289 g/mol. The summed E-state index contributed by atoms with van der Waals surface area (Å²) in [7, 11) is 0. The van der Waals surface area contributed by atoms with Gasteiger partial charge in [-0.3, -0.25) is 0 Å². The second-order valence-corrected chi connectivity index (χ2v) is 3.88. The van der Waals surface area contributed by atoms with Crippen molar-refractivity contribution in [1.29, 1.82) is 0 Å². The molecule has 0 saturated carbocycles. The van der Waals surface area contributed by atoms with Crippen molar-refractivity contribution in [3.8, 4) is 0 Å². The summed E-state index contributed by atoms with van der Waals surface area (Å²) in [5.41, 5.74) is 0.465. The molecule has 0 aliphatic rings. The third-order valence-corrected chi connectivity index (χ3v) is 2.38. The van der Waals surface area contributed by atoms with Gasteiger partial charge in [-0.2, -0.15) is 18.2 Å². The summed E-state index contributed by atoms with van der Waals surface area (Å²) in [6.45, 7) is -1.15. The van der Waals surface area contributed by atoms with Crippen molar-refractivity contribution in [1.82, 2.24) is 14.6 Å². The number of hydrogen-bond donors (Lipinski definition) is 1. The SMILES string of the molecule is FC(F)(F)CNc1nc2c(Br)cccn2n1. The van der Waals surface area contributed by atoms with Gasteiger partial charge in [-0.25, -0.2) is 4.52 Å². The van der Waals surface area contributed by atoms with E-state index in [9.17, 15) is 13.2 Å². The van der Waals surface area contributed by atoms with E-state index in [1.807, 2.05) is 0 Å². The molecule has 1 N–H and O–H groups in total. The number of anilines is 1. The highest BCUT2D eigenvalue weighted by atomic mass is 79.9. The van der Waals surface area contributed by atoms with Gasteiger partial charge in [-0.05, 0) is 28.1 Å². The minimum Gasteiger partial charge on any atom is -0.344 e. The van der Waals surface area contributed by atoms with E-state index in [1.54, 1.807) is 18.3 Å². The Morgan fingerprint density at radius 2 is 2.19 bits per heavy atom. The molecule has 86 valence electrons. The molecule has 8 heteroatoms. The van der Waals surface area contributed by atoms with Crippen LogP contribution in [0.2, 0.25) is 0 Å². The summed E-state index contributed by atoms with van der Waals surface area (Å²) in [6.07, 6.45) is -2.68. The highest BCUT2D eigenvalue weighted by Crippen LogP contribution is 2.18. The van der Waals surface area contributed by atoms with Crippen molar-refractivity contribution in [3.63, 3.8) is 0 Å². The van der Waals surface area contributed by atoms with Gasteiger partial charge in [0.05, 0.1) is 4.47 Å². The lowest BCUT2D eigenvalue weighted by atomic mass is 10.5. The van der Waals surface area contributed by atoms with Crippen LogP contribution < -0.4 is 5.32 Å². The Morgan fingerprint density at radius 3 is 2.81 bits per heavy atom. The molecule has 0 unspecified atom stereocenters. The van der Waals surface area contributed by atoms with Crippen molar-refractivity contribution in [2.45, 2.75) is 6.18 Å². The Kier molecular flexibility index (Phi) is 2.75. The predicted octanol–water partition coefficient (Wildman–Crippen LogP) is 2.47. The van der Waals surface area contributed by atoms with Crippen LogP contribution in [0.1, 0.15) is 0 Å². The summed E-state index contributed by atoms with van der Waals surface area (Å²) in [4.78, 5) is 3.91. The molecule has 2 aromatic rings. The molecule has 0 bridgehead atoms.